The van der Waals surface area contributed by atoms with Crippen molar-refractivity contribution in [3.8, 4) is 5.75 Å². The first-order valence-electron chi connectivity index (χ1n) is 5.49. The molecule has 0 radical (unpaired) electrons. The van der Waals surface area contributed by atoms with E-state index in [2.05, 4.69) is 44.7 Å². The summed E-state index contributed by atoms with van der Waals surface area (Å²) in [6.45, 7) is 2.19. The molecule has 0 saturated carbocycles. The lowest BCUT2D eigenvalue weighted by atomic mass is 10.1. The van der Waals surface area contributed by atoms with Crippen LogP contribution in [-0.4, -0.2) is 8.95 Å². The van der Waals surface area contributed by atoms with Crippen LogP contribution >= 0.6 is 37.7 Å². The van der Waals surface area contributed by atoms with Crippen LogP contribution in [0.25, 0.3) is 0 Å². The second-order valence-electron chi connectivity index (χ2n) is 3.83. The highest BCUT2D eigenvalue weighted by Crippen LogP contribution is 2.52. The first-order valence-corrected chi connectivity index (χ1v) is 7.03. The van der Waals surface area contributed by atoms with Gasteiger partial charge in [-0.1, -0.05) is 51.1 Å². The number of hydrogen-bond acceptors (Lipinski definition) is 6. The Morgan fingerprint density at radius 1 is 1.35 bits per heavy atom. The van der Waals surface area contributed by atoms with E-state index in [4.69, 9.17) is 8.92 Å². The Labute approximate surface area is 117 Å². The smallest absolute Gasteiger partial charge is 0.381 e. The van der Waals surface area contributed by atoms with Gasteiger partial charge in [0, 0.05) is 0 Å². The third kappa shape index (κ3) is 3.48. The zero-order valence-electron chi connectivity index (χ0n) is 9.50. The predicted molar refractivity (Wildman–Crippen MR) is 76.9 cm³/mol. The van der Waals surface area contributed by atoms with Gasteiger partial charge in [-0.15, -0.1) is 3.71 Å². The molecule has 0 aromatic heterocycles. The molecule has 1 atom stereocenters. The average molecular weight is 289 g/mol. The molecule has 17 heavy (non-hydrogen) atoms. The van der Waals surface area contributed by atoms with Gasteiger partial charge < -0.3 is 4.74 Å². The van der Waals surface area contributed by atoms with E-state index in [1.54, 1.807) is 0 Å². The van der Waals surface area contributed by atoms with E-state index >= 15 is 0 Å². The van der Waals surface area contributed by atoms with Crippen molar-refractivity contribution in [1.82, 2.24) is 3.71 Å². The second-order valence-corrected chi connectivity index (χ2v) is 5.79. The lowest BCUT2D eigenvalue weighted by Gasteiger charge is -2.16. The van der Waals surface area contributed by atoms with Gasteiger partial charge in [0.1, 0.15) is 5.75 Å². The molecule has 1 aliphatic rings. The summed E-state index contributed by atoms with van der Waals surface area (Å²) in [5.41, 5.74) is 1.33. The van der Waals surface area contributed by atoms with Crippen molar-refractivity contribution >= 4 is 37.7 Å². The molecule has 2 rings (SSSR count). The summed E-state index contributed by atoms with van der Waals surface area (Å²) in [5.74, 6) is 0.753. The van der Waals surface area contributed by atoms with Crippen molar-refractivity contribution in [3.05, 3.63) is 29.8 Å². The van der Waals surface area contributed by atoms with Crippen LogP contribution in [0.3, 0.4) is 0 Å². The molecular weight excluding hydrogens is 274 g/mol. The van der Waals surface area contributed by atoms with Gasteiger partial charge in [0.25, 0.3) is 0 Å². The van der Waals surface area contributed by atoms with Crippen LogP contribution < -0.4 is 4.74 Å². The summed E-state index contributed by atoms with van der Waals surface area (Å²) in [6, 6.07) is 8.04. The van der Waals surface area contributed by atoms with E-state index in [0.717, 1.165) is 12.2 Å². The van der Waals surface area contributed by atoms with Gasteiger partial charge in [-0.05, 0) is 30.5 Å². The van der Waals surface area contributed by atoms with Gasteiger partial charge in [-0.25, -0.2) is 4.18 Å². The fraction of sp³-hybridized carbons (Fsp3) is 0.455. The minimum absolute atomic E-state index is 0.753. The fourth-order valence-corrected chi connectivity index (χ4v) is 2.28. The highest BCUT2D eigenvalue weighted by atomic mass is 32.2. The van der Waals surface area contributed by atoms with Crippen molar-refractivity contribution in [2.24, 2.45) is 0 Å². The van der Waals surface area contributed by atoms with E-state index in [1.807, 2.05) is 12.1 Å². The molecule has 1 unspecified atom stereocenters. The molecule has 94 valence electrons. The van der Waals surface area contributed by atoms with Gasteiger partial charge in [0.15, 0.2) is 0 Å². The Morgan fingerprint density at radius 3 is 2.47 bits per heavy atom. The summed E-state index contributed by atoms with van der Waals surface area (Å²) in [6.07, 6.45) is 3.53. The maximum Gasteiger partial charge on any atom is 0.381 e. The first kappa shape index (κ1) is 13.4. The van der Waals surface area contributed by atoms with Gasteiger partial charge in [-0.3, -0.25) is 0 Å². The molecule has 1 aliphatic heterocycles. The van der Waals surface area contributed by atoms with Crippen molar-refractivity contribution < 1.29 is 8.92 Å². The lowest BCUT2D eigenvalue weighted by Crippen LogP contribution is -2.28. The van der Waals surface area contributed by atoms with Crippen molar-refractivity contribution in [2.75, 3.05) is 0 Å². The molecule has 0 amide bonds. The highest BCUT2D eigenvalue weighted by Gasteiger charge is 2.56. The number of thiol groups is 2. The van der Waals surface area contributed by atoms with Crippen LogP contribution in [0.2, 0.25) is 0 Å². The van der Waals surface area contributed by atoms with Crippen molar-refractivity contribution in [2.45, 2.75) is 31.4 Å². The maximum atomic E-state index is 5.65. The fourth-order valence-electron chi connectivity index (χ4n) is 1.43. The van der Waals surface area contributed by atoms with Crippen molar-refractivity contribution in [3.63, 3.8) is 0 Å². The summed E-state index contributed by atoms with van der Waals surface area (Å²) in [4.78, 5) is 0. The SMILES string of the molecule is CCCCc1ccc(OC2(N(S)S)OS2)cc1. The number of benzene rings is 1. The molecule has 0 spiro atoms. The molecule has 1 aromatic rings. The second kappa shape index (κ2) is 5.75. The quantitative estimate of drug-likeness (QED) is 0.361. The largest absolute Gasteiger partial charge is 0.437 e. The Bertz CT molecular complexity index is 365. The molecule has 6 heteroatoms. The molecule has 0 N–H and O–H groups in total. The summed E-state index contributed by atoms with van der Waals surface area (Å²) >= 11 is 9.32. The van der Waals surface area contributed by atoms with Gasteiger partial charge in [0.05, 0.1) is 12.0 Å². The topological polar surface area (TPSA) is 25.0 Å². The van der Waals surface area contributed by atoms with Crippen LogP contribution in [-0.2, 0) is 10.6 Å². The van der Waals surface area contributed by atoms with E-state index < -0.39 is 5.24 Å². The van der Waals surface area contributed by atoms with Gasteiger partial charge >= 0.3 is 5.24 Å². The number of nitrogens with zero attached hydrogens (tertiary/aromatic N) is 1. The normalized spacial score (nSPS) is 22.8. The monoisotopic (exact) mass is 289 g/mol. The number of unbranched alkanes of at least 4 members (excludes halogenated alkanes) is 1. The molecule has 1 fully saturated rings. The summed E-state index contributed by atoms with van der Waals surface area (Å²) in [7, 11) is 0. The van der Waals surface area contributed by atoms with E-state index in [9.17, 15) is 0 Å². The van der Waals surface area contributed by atoms with Gasteiger partial charge in [-0.2, -0.15) is 0 Å². The minimum Gasteiger partial charge on any atom is -0.437 e. The van der Waals surface area contributed by atoms with Crippen LogP contribution in [0.1, 0.15) is 25.3 Å². The Balaban J connectivity index is 1.94. The summed E-state index contributed by atoms with van der Waals surface area (Å²) < 4.78 is 12.1. The maximum absolute atomic E-state index is 5.65. The van der Waals surface area contributed by atoms with E-state index in [1.165, 1.54) is 34.2 Å². The van der Waals surface area contributed by atoms with Crippen LogP contribution in [0, 0.1) is 0 Å². The Hall–Kier alpha value is -0.0100. The third-order valence-electron chi connectivity index (χ3n) is 2.46. The first-order chi connectivity index (χ1) is 8.16. The predicted octanol–water partition coefficient (Wildman–Crippen LogP) is 3.69. The van der Waals surface area contributed by atoms with Crippen molar-refractivity contribution in [1.29, 1.82) is 0 Å². The number of rotatable bonds is 6. The molecule has 0 aliphatic carbocycles. The highest BCUT2D eigenvalue weighted by molar-refractivity contribution is 8.03. The standard InChI is InChI=1S/C11H15NO2S3/c1-2-3-4-9-5-7-10(8-6-9)13-11(12(15)16)14-17-11/h5-8,15-16H,2-4H2,1H3. The van der Waals surface area contributed by atoms with Crippen LogP contribution in [0.5, 0.6) is 5.75 Å². The van der Waals surface area contributed by atoms with Crippen LogP contribution in [0.15, 0.2) is 24.3 Å². The number of ether oxygens (including phenoxy) is 1. The zero-order chi connectivity index (χ0) is 12.3. The average Bonchev–Trinajstić information content (AvgIpc) is 3.09. The van der Waals surface area contributed by atoms with E-state index in [-0.39, 0.29) is 0 Å². The third-order valence-corrected chi connectivity index (χ3v) is 3.97. The Morgan fingerprint density at radius 2 is 2.00 bits per heavy atom. The molecule has 1 heterocycles. The number of aryl methyl sites for hydroxylation is 1. The zero-order valence-corrected chi connectivity index (χ0v) is 12.1. The lowest BCUT2D eigenvalue weighted by molar-refractivity contribution is 0.0149. The molecule has 1 saturated heterocycles. The van der Waals surface area contributed by atoms with Gasteiger partial charge in [0.2, 0.25) is 0 Å². The van der Waals surface area contributed by atoms with E-state index in [0.29, 0.717) is 0 Å². The number of hydrogen-bond donors (Lipinski definition) is 2. The minimum atomic E-state index is -0.878. The molecular formula is C11H15NO2S3. The summed E-state index contributed by atoms with van der Waals surface area (Å²) in [5, 5.41) is -0.878. The molecule has 0 bridgehead atoms. The molecule has 1 aromatic carbocycles. The Kier molecular flexibility index (Phi) is 4.54. The van der Waals surface area contributed by atoms with Crippen LogP contribution in [0.4, 0.5) is 0 Å². The molecule has 3 nitrogen and oxygen atoms in total.